The third-order valence-corrected chi connectivity index (χ3v) is 5.84. The van der Waals surface area contributed by atoms with Crippen LogP contribution in [0, 0.1) is 13.8 Å². The Balaban J connectivity index is 1.56. The molecule has 0 unspecified atom stereocenters. The van der Waals surface area contributed by atoms with E-state index in [0.717, 1.165) is 48.4 Å². The molecule has 3 amide bonds. The highest BCUT2D eigenvalue weighted by Crippen LogP contribution is 2.32. The van der Waals surface area contributed by atoms with Gasteiger partial charge in [-0.25, -0.2) is 4.79 Å². The van der Waals surface area contributed by atoms with Gasteiger partial charge in [-0.2, -0.15) is 0 Å². The van der Waals surface area contributed by atoms with Gasteiger partial charge in [0.1, 0.15) is 0 Å². The summed E-state index contributed by atoms with van der Waals surface area (Å²) in [5.74, 6) is -0.190. The van der Waals surface area contributed by atoms with Crippen LogP contribution in [-0.2, 0) is 0 Å². The summed E-state index contributed by atoms with van der Waals surface area (Å²) in [5, 5.41) is 8.87. The van der Waals surface area contributed by atoms with E-state index in [1.165, 1.54) is 0 Å². The molecule has 1 aliphatic heterocycles. The number of nitrogens with zero attached hydrogens (tertiary/aromatic N) is 1. The summed E-state index contributed by atoms with van der Waals surface area (Å²) in [6, 6.07) is 20.2. The Bertz CT molecular complexity index is 1120. The molecule has 0 spiro atoms. The summed E-state index contributed by atoms with van der Waals surface area (Å²) < 4.78 is 0. The van der Waals surface area contributed by atoms with Crippen molar-refractivity contribution in [2.45, 2.75) is 26.7 Å². The van der Waals surface area contributed by atoms with E-state index >= 15 is 0 Å². The summed E-state index contributed by atoms with van der Waals surface area (Å²) >= 11 is 0. The first kappa shape index (κ1) is 21.4. The van der Waals surface area contributed by atoms with Crippen molar-refractivity contribution >= 4 is 34.7 Å². The normalized spacial score (nSPS) is 13.0. The average Bonchev–Trinajstić information content (AvgIpc) is 3.32. The minimum atomic E-state index is -0.314. The van der Waals surface area contributed by atoms with E-state index in [9.17, 15) is 9.59 Å². The standard InChI is InChI=1S/C26H28N4O2/c1-18-9-8-12-22(19(18)2)28-26(32)29-23-17-21(13-14-24(23)30-15-6-7-16-30)27-25(31)20-10-4-3-5-11-20/h3-5,8-14,17H,6-7,15-16H2,1-2H3,(H,27,31)(H2,28,29,32). The van der Waals surface area contributed by atoms with E-state index in [2.05, 4.69) is 20.9 Å². The summed E-state index contributed by atoms with van der Waals surface area (Å²) in [6.07, 6.45) is 2.25. The minimum absolute atomic E-state index is 0.190. The molecule has 0 atom stereocenters. The van der Waals surface area contributed by atoms with Crippen molar-refractivity contribution in [2.24, 2.45) is 0 Å². The zero-order chi connectivity index (χ0) is 22.5. The second-order valence-electron chi connectivity index (χ2n) is 8.07. The van der Waals surface area contributed by atoms with Gasteiger partial charge >= 0.3 is 6.03 Å². The minimum Gasteiger partial charge on any atom is -0.370 e. The van der Waals surface area contributed by atoms with Crippen LogP contribution in [0.1, 0.15) is 34.3 Å². The molecule has 6 nitrogen and oxygen atoms in total. The highest BCUT2D eigenvalue weighted by atomic mass is 16.2. The first-order valence-electron chi connectivity index (χ1n) is 10.9. The molecule has 6 heteroatoms. The van der Waals surface area contributed by atoms with Gasteiger partial charge in [0.05, 0.1) is 11.4 Å². The maximum atomic E-state index is 12.8. The second-order valence-corrected chi connectivity index (χ2v) is 8.07. The number of nitrogens with one attached hydrogen (secondary N) is 3. The predicted octanol–water partition coefficient (Wildman–Crippen LogP) is 5.80. The number of carbonyl (C=O) groups is 2. The number of urea groups is 1. The van der Waals surface area contributed by atoms with Crippen LogP contribution < -0.4 is 20.9 Å². The van der Waals surface area contributed by atoms with Crippen LogP contribution in [0.2, 0.25) is 0 Å². The van der Waals surface area contributed by atoms with Crippen LogP contribution in [0.15, 0.2) is 66.7 Å². The number of anilines is 4. The molecule has 0 aromatic heterocycles. The van der Waals surface area contributed by atoms with E-state index in [-0.39, 0.29) is 11.9 Å². The van der Waals surface area contributed by atoms with Gasteiger partial charge in [0, 0.05) is 30.0 Å². The fourth-order valence-electron chi connectivity index (χ4n) is 3.90. The molecule has 3 aromatic carbocycles. The van der Waals surface area contributed by atoms with Gasteiger partial charge in [0.25, 0.3) is 5.91 Å². The lowest BCUT2D eigenvalue weighted by atomic mass is 10.1. The maximum Gasteiger partial charge on any atom is 0.323 e. The van der Waals surface area contributed by atoms with Crippen LogP contribution in [-0.4, -0.2) is 25.0 Å². The van der Waals surface area contributed by atoms with Gasteiger partial charge in [-0.15, -0.1) is 0 Å². The topological polar surface area (TPSA) is 73.5 Å². The lowest BCUT2D eigenvalue weighted by Crippen LogP contribution is -2.24. The molecule has 4 rings (SSSR count). The molecule has 32 heavy (non-hydrogen) atoms. The van der Waals surface area contributed by atoms with Crippen LogP contribution in [0.25, 0.3) is 0 Å². The van der Waals surface area contributed by atoms with Crippen molar-refractivity contribution in [1.82, 2.24) is 0 Å². The first-order valence-corrected chi connectivity index (χ1v) is 10.9. The monoisotopic (exact) mass is 428 g/mol. The molecule has 3 aromatic rings. The highest BCUT2D eigenvalue weighted by Gasteiger charge is 2.18. The second kappa shape index (κ2) is 9.56. The maximum absolute atomic E-state index is 12.8. The van der Waals surface area contributed by atoms with Crippen LogP contribution >= 0.6 is 0 Å². The summed E-state index contributed by atoms with van der Waals surface area (Å²) in [4.78, 5) is 27.7. The van der Waals surface area contributed by atoms with E-state index in [1.807, 2.05) is 68.4 Å². The molecular weight excluding hydrogens is 400 g/mol. The summed E-state index contributed by atoms with van der Waals surface area (Å²) in [5.41, 5.74) is 5.76. The van der Waals surface area contributed by atoms with E-state index in [0.29, 0.717) is 16.9 Å². The molecule has 0 bridgehead atoms. The first-order chi connectivity index (χ1) is 15.5. The van der Waals surface area contributed by atoms with E-state index in [1.54, 1.807) is 12.1 Å². The molecular formula is C26H28N4O2. The van der Waals surface area contributed by atoms with Crippen LogP contribution in [0.3, 0.4) is 0 Å². The van der Waals surface area contributed by atoms with Gasteiger partial charge in [0.15, 0.2) is 0 Å². The highest BCUT2D eigenvalue weighted by molar-refractivity contribution is 6.06. The van der Waals surface area contributed by atoms with Crippen LogP contribution in [0.5, 0.6) is 0 Å². The Kier molecular flexibility index (Phi) is 6.40. The third kappa shape index (κ3) is 4.91. The molecule has 1 saturated heterocycles. The molecule has 1 aliphatic rings. The number of hydrogen-bond acceptors (Lipinski definition) is 3. The van der Waals surface area contributed by atoms with E-state index < -0.39 is 0 Å². The molecule has 1 fully saturated rings. The summed E-state index contributed by atoms with van der Waals surface area (Å²) in [7, 11) is 0. The molecule has 0 radical (unpaired) electrons. The fraction of sp³-hybridized carbons (Fsp3) is 0.231. The van der Waals surface area contributed by atoms with Crippen molar-refractivity contribution in [3.8, 4) is 0 Å². The van der Waals surface area contributed by atoms with Crippen molar-refractivity contribution in [3.63, 3.8) is 0 Å². The number of amides is 3. The zero-order valence-electron chi connectivity index (χ0n) is 18.4. The summed E-state index contributed by atoms with van der Waals surface area (Å²) in [6.45, 7) is 5.90. The molecule has 0 saturated carbocycles. The van der Waals surface area contributed by atoms with Gasteiger partial charge in [-0.3, -0.25) is 4.79 Å². The van der Waals surface area contributed by atoms with Gasteiger partial charge in [-0.05, 0) is 74.2 Å². The Morgan fingerprint density at radius 1 is 0.781 bits per heavy atom. The Labute approximate surface area is 188 Å². The van der Waals surface area contributed by atoms with Gasteiger partial charge in [0.2, 0.25) is 0 Å². The van der Waals surface area contributed by atoms with Crippen LogP contribution in [0.4, 0.5) is 27.5 Å². The van der Waals surface area contributed by atoms with Gasteiger partial charge in [-0.1, -0.05) is 30.3 Å². The Morgan fingerprint density at radius 3 is 2.25 bits per heavy atom. The number of carbonyl (C=O) groups excluding carboxylic acids is 2. The molecule has 0 aliphatic carbocycles. The molecule has 1 heterocycles. The molecule has 3 N–H and O–H groups in total. The zero-order valence-corrected chi connectivity index (χ0v) is 18.4. The average molecular weight is 429 g/mol. The number of hydrogen-bond donors (Lipinski definition) is 3. The quantitative estimate of drug-likeness (QED) is 0.481. The smallest absolute Gasteiger partial charge is 0.323 e. The lowest BCUT2D eigenvalue weighted by molar-refractivity contribution is 0.102. The number of rotatable bonds is 5. The molecule has 164 valence electrons. The number of benzene rings is 3. The largest absolute Gasteiger partial charge is 0.370 e. The SMILES string of the molecule is Cc1cccc(NC(=O)Nc2cc(NC(=O)c3ccccc3)ccc2N2CCCC2)c1C. The Morgan fingerprint density at radius 2 is 1.50 bits per heavy atom. The fourth-order valence-corrected chi connectivity index (χ4v) is 3.90. The van der Waals surface area contributed by atoms with Gasteiger partial charge < -0.3 is 20.9 Å². The third-order valence-electron chi connectivity index (χ3n) is 5.84. The lowest BCUT2D eigenvalue weighted by Gasteiger charge is -2.23. The van der Waals surface area contributed by atoms with Crippen molar-refractivity contribution < 1.29 is 9.59 Å². The Hall–Kier alpha value is -3.80. The van der Waals surface area contributed by atoms with Crippen molar-refractivity contribution in [1.29, 1.82) is 0 Å². The van der Waals surface area contributed by atoms with Crippen molar-refractivity contribution in [2.75, 3.05) is 33.9 Å². The number of aryl methyl sites for hydroxylation is 1. The van der Waals surface area contributed by atoms with Crippen molar-refractivity contribution in [3.05, 3.63) is 83.4 Å². The van der Waals surface area contributed by atoms with E-state index in [4.69, 9.17) is 0 Å². The predicted molar refractivity (Wildman–Crippen MR) is 131 cm³/mol.